The largest absolute Gasteiger partial charge is 0.399 e. The van der Waals surface area contributed by atoms with Crippen molar-refractivity contribution in [3.05, 3.63) is 35.4 Å². The van der Waals surface area contributed by atoms with Gasteiger partial charge in [-0.2, -0.15) is 0 Å². The van der Waals surface area contributed by atoms with Crippen LogP contribution in [-0.2, 0) is 16.2 Å². The zero-order valence-electron chi connectivity index (χ0n) is 14.8. The Hall–Kier alpha value is -1.39. The lowest BCUT2D eigenvalue weighted by molar-refractivity contribution is 0.0807. The van der Waals surface area contributed by atoms with Crippen molar-refractivity contribution in [2.45, 2.75) is 39.7 Å². The molecule has 0 aromatic heterocycles. The molecule has 23 heavy (non-hydrogen) atoms. The number of hydrogen-bond acceptors (Lipinski definition) is 4. The van der Waals surface area contributed by atoms with Gasteiger partial charge in [0, 0.05) is 6.54 Å². The highest BCUT2D eigenvalue weighted by Crippen LogP contribution is 2.15. The fourth-order valence-corrected chi connectivity index (χ4v) is 2.89. The summed E-state index contributed by atoms with van der Waals surface area (Å²) in [5, 5.41) is 4.05. The van der Waals surface area contributed by atoms with Gasteiger partial charge in [0.2, 0.25) is 0 Å². The lowest BCUT2D eigenvalue weighted by atomic mass is 9.99. The summed E-state index contributed by atoms with van der Waals surface area (Å²) in [7, 11) is 1.58. The summed E-state index contributed by atoms with van der Waals surface area (Å²) in [5.74, 6) is 0.889. The Morgan fingerprint density at radius 2 is 1.91 bits per heavy atom. The summed E-state index contributed by atoms with van der Waals surface area (Å²) in [4.78, 5) is 7.39. The summed E-state index contributed by atoms with van der Waals surface area (Å²) in [6, 6.07) is 8.40. The van der Waals surface area contributed by atoms with Crippen molar-refractivity contribution in [2.24, 2.45) is 11.1 Å². The van der Waals surface area contributed by atoms with Gasteiger partial charge in [-0.15, -0.1) is 0 Å². The standard InChI is InChI=1S/C19H30N2O2/c1-4-19(20-22-3)18-7-5-17(6-8-18)15-23-14-13-21-11-9-16(2)10-12-21/h5-8,16H,4,9-15H2,1-3H3/b20-19-. The molecule has 1 fully saturated rings. The molecule has 1 aromatic carbocycles. The van der Waals surface area contributed by atoms with Crippen LogP contribution in [0.2, 0.25) is 0 Å². The molecule has 0 N–H and O–H groups in total. The molecule has 0 saturated carbocycles. The third kappa shape index (κ3) is 5.96. The maximum absolute atomic E-state index is 5.83. The van der Waals surface area contributed by atoms with Gasteiger partial charge < -0.3 is 14.5 Å². The van der Waals surface area contributed by atoms with Gasteiger partial charge >= 0.3 is 0 Å². The molecule has 1 heterocycles. The minimum Gasteiger partial charge on any atom is -0.399 e. The van der Waals surface area contributed by atoms with Crippen molar-refractivity contribution < 1.29 is 9.57 Å². The van der Waals surface area contributed by atoms with E-state index >= 15 is 0 Å². The van der Waals surface area contributed by atoms with Crippen LogP contribution in [0.5, 0.6) is 0 Å². The van der Waals surface area contributed by atoms with Gasteiger partial charge in [-0.05, 0) is 49.4 Å². The molecule has 0 spiro atoms. The normalized spacial score (nSPS) is 17.4. The van der Waals surface area contributed by atoms with Crippen LogP contribution in [0, 0.1) is 5.92 Å². The first-order chi connectivity index (χ1) is 11.2. The van der Waals surface area contributed by atoms with Crippen molar-refractivity contribution in [2.75, 3.05) is 33.4 Å². The molecule has 1 aliphatic heterocycles. The highest BCUT2D eigenvalue weighted by atomic mass is 16.6. The number of ether oxygens (including phenoxy) is 1. The molecular weight excluding hydrogens is 288 g/mol. The molecule has 0 amide bonds. The van der Waals surface area contributed by atoms with Crippen molar-refractivity contribution in [1.29, 1.82) is 0 Å². The second kappa shape index (κ2) is 9.68. The van der Waals surface area contributed by atoms with Crippen molar-refractivity contribution in [3.63, 3.8) is 0 Å². The summed E-state index contributed by atoms with van der Waals surface area (Å²) in [5.41, 5.74) is 3.29. The lowest BCUT2D eigenvalue weighted by Crippen LogP contribution is -2.35. The molecule has 4 heteroatoms. The molecule has 2 rings (SSSR count). The molecule has 1 aliphatic rings. The Kier molecular flexibility index (Phi) is 7.56. The van der Waals surface area contributed by atoms with E-state index in [1.807, 2.05) is 0 Å². The van der Waals surface area contributed by atoms with Crippen molar-refractivity contribution >= 4 is 5.71 Å². The van der Waals surface area contributed by atoms with Gasteiger partial charge in [0.1, 0.15) is 7.11 Å². The molecule has 0 unspecified atom stereocenters. The van der Waals surface area contributed by atoms with E-state index < -0.39 is 0 Å². The number of benzene rings is 1. The Bertz CT molecular complexity index is 477. The molecule has 4 nitrogen and oxygen atoms in total. The van der Waals surface area contributed by atoms with E-state index in [1.165, 1.54) is 31.5 Å². The second-order valence-corrected chi connectivity index (χ2v) is 6.35. The predicted octanol–water partition coefficient (Wildman–Crippen LogP) is 3.70. The molecule has 0 atom stereocenters. The molecule has 0 aliphatic carbocycles. The summed E-state index contributed by atoms with van der Waals surface area (Å²) < 4.78 is 5.83. The van der Waals surface area contributed by atoms with Gasteiger partial charge in [0.25, 0.3) is 0 Å². The lowest BCUT2D eigenvalue weighted by Gasteiger charge is -2.29. The van der Waals surface area contributed by atoms with E-state index in [2.05, 4.69) is 48.2 Å². The molecule has 128 valence electrons. The zero-order chi connectivity index (χ0) is 16.5. The van der Waals surface area contributed by atoms with E-state index in [-0.39, 0.29) is 0 Å². The van der Waals surface area contributed by atoms with E-state index in [0.29, 0.717) is 6.61 Å². The van der Waals surface area contributed by atoms with Crippen LogP contribution in [0.15, 0.2) is 29.4 Å². The SMILES string of the molecule is CC/C(=N/OC)c1ccc(COCCN2CCC(C)CC2)cc1. The van der Waals surface area contributed by atoms with E-state index in [4.69, 9.17) is 9.57 Å². The summed E-state index contributed by atoms with van der Waals surface area (Å²) >= 11 is 0. The highest BCUT2D eigenvalue weighted by molar-refractivity contribution is 6.00. The molecule has 1 aromatic rings. The highest BCUT2D eigenvalue weighted by Gasteiger charge is 2.14. The number of likely N-dealkylation sites (tertiary alicyclic amines) is 1. The number of piperidine rings is 1. The van der Waals surface area contributed by atoms with Crippen LogP contribution in [0.4, 0.5) is 0 Å². The van der Waals surface area contributed by atoms with E-state index in [0.717, 1.165) is 36.8 Å². The second-order valence-electron chi connectivity index (χ2n) is 6.35. The number of oxime groups is 1. The zero-order valence-corrected chi connectivity index (χ0v) is 14.8. The minimum atomic E-state index is 0.674. The van der Waals surface area contributed by atoms with Crippen LogP contribution in [0.3, 0.4) is 0 Å². The number of hydrogen-bond donors (Lipinski definition) is 0. The topological polar surface area (TPSA) is 34.1 Å². The van der Waals surface area contributed by atoms with E-state index in [1.54, 1.807) is 7.11 Å². The van der Waals surface area contributed by atoms with Crippen LogP contribution in [-0.4, -0.2) is 44.0 Å². The molecular formula is C19H30N2O2. The Labute approximate surface area is 140 Å². The van der Waals surface area contributed by atoms with Gasteiger partial charge in [-0.25, -0.2) is 0 Å². The van der Waals surface area contributed by atoms with Crippen LogP contribution in [0.25, 0.3) is 0 Å². The first-order valence-electron chi connectivity index (χ1n) is 8.72. The van der Waals surface area contributed by atoms with Crippen LogP contribution < -0.4 is 0 Å². The third-order valence-electron chi connectivity index (χ3n) is 4.52. The Morgan fingerprint density at radius 1 is 1.22 bits per heavy atom. The van der Waals surface area contributed by atoms with Gasteiger partial charge in [-0.3, -0.25) is 0 Å². The average Bonchev–Trinajstić information content (AvgIpc) is 2.59. The van der Waals surface area contributed by atoms with Crippen LogP contribution >= 0.6 is 0 Å². The fourth-order valence-electron chi connectivity index (χ4n) is 2.89. The first-order valence-corrected chi connectivity index (χ1v) is 8.72. The van der Waals surface area contributed by atoms with Crippen molar-refractivity contribution in [1.82, 2.24) is 4.90 Å². The minimum absolute atomic E-state index is 0.674. The Morgan fingerprint density at radius 3 is 2.52 bits per heavy atom. The maximum Gasteiger partial charge on any atom is 0.106 e. The average molecular weight is 318 g/mol. The first kappa shape index (κ1) is 18.0. The predicted molar refractivity (Wildman–Crippen MR) is 94.8 cm³/mol. The molecule has 1 saturated heterocycles. The third-order valence-corrected chi connectivity index (χ3v) is 4.52. The van der Waals surface area contributed by atoms with Crippen LogP contribution in [0.1, 0.15) is 44.2 Å². The molecule has 0 radical (unpaired) electrons. The quantitative estimate of drug-likeness (QED) is 0.416. The van der Waals surface area contributed by atoms with Crippen molar-refractivity contribution in [3.8, 4) is 0 Å². The smallest absolute Gasteiger partial charge is 0.106 e. The van der Waals surface area contributed by atoms with Gasteiger partial charge in [-0.1, -0.05) is 43.3 Å². The Balaban J connectivity index is 1.71. The van der Waals surface area contributed by atoms with Gasteiger partial charge in [0.15, 0.2) is 0 Å². The fraction of sp³-hybridized carbons (Fsp3) is 0.632. The summed E-state index contributed by atoms with van der Waals surface area (Å²) in [6.07, 6.45) is 3.51. The number of nitrogens with zero attached hydrogens (tertiary/aromatic N) is 2. The van der Waals surface area contributed by atoms with E-state index in [9.17, 15) is 0 Å². The summed E-state index contributed by atoms with van der Waals surface area (Å²) in [6.45, 7) is 9.39. The number of rotatable bonds is 8. The monoisotopic (exact) mass is 318 g/mol. The van der Waals surface area contributed by atoms with Gasteiger partial charge in [0.05, 0.1) is 18.9 Å². The molecule has 0 bridgehead atoms. The maximum atomic E-state index is 5.83.